The number of esters is 1. The Morgan fingerprint density at radius 1 is 1.71 bits per heavy atom. The Hall–Kier alpha value is -1.34. The van der Waals surface area contributed by atoms with Crippen molar-refractivity contribution in [1.82, 2.24) is 9.97 Å². The maximum atomic E-state index is 11.1. The van der Waals surface area contributed by atoms with Crippen molar-refractivity contribution in [3.63, 3.8) is 0 Å². The predicted octanol–water partition coefficient (Wildman–Crippen LogP) is 0.176. The number of carbonyl (C=O) groups is 1. The summed E-state index contributed by atoms with van der Waals surface area (Å²) in [6.07, 6.45) is 0.515. The summed E-state index contributed by atoms with van der Waals surface area (Å²) >= 11 is 1.18. The summed E-state index contributed by atoms with van der Waals surface area (Å²) in [5.41, 5.74) is -0.248. The van der Waals surface area contributed by atoms with Crippen LogP contribution in [-0.2, 0) is 9.53 Å². The molecule has 0 spiro atoms. The first-order valence-electron chi connectivity index (χ1n) is 5.13. The smallest absolute Gasteiger partial charge is 0.308 e. The molecule has 1 atom stereocenters. The number of nitrogens with one attached hydrogen (secondary N) is 1. The van der Waals surface area contributed by atoms with Crippen molar-refractivity contribution in [3.8, 4) is 0 Å². The fourth-order valence-electron chi connectivity index (χ4n) is 1.07. The van der Waals surface area contributed by atoms with Gasteiger partial charge in [0.25, 0.3) is 5.56 Å². The molecule has 1 heterocycles. The van der Waals surface area contributed by atoms with Gasteiger partial charge in [-0.05, 0) is 6.92 Å². The Kier molecular flexibility index (Phi) is 5.71. The maximum absolute atomic E-state index is 11.1. The van der Waals surface area contributed by atoms with Gasteiger partial charge in [-0.2, -0.15) is 0 Å². The van der Waals surface area contributed by atoms with Crippen molar-refractivity contribution in [3.05, 3.63) is 22.6 Å². The highest BCUT2D eigenvalue weighted by atomic mass is 32.2. The lowest BCUT2D eigenvalue weighted by atomic mass is 10.3. The van der Waals surface area contributed by atoms with Gasteiger partial charge in [0.05, 0.1) is 19.1 Å². The molecular weight excluding hydrogens is 244 g/mol. The van der Waals surface area contributed by atoms with Crippen LogP contribution in [0, 0.1) is 0 Å². The van der Waals surface area contributed by atoms with Crippen LogP contribution >= 0.6 is 11.8 Å². The Labute approximate surface area is 102 Å². The zero-order valence-electron chi connectivity index (χ0n) is 9.38. The third-order valence-corrected chi connectivity index (χ3v) is 2.80. The Morgan fingerprint density at radius 2 is 2.47 bits per heavy atom. The average Bonchev–Trinajstić information content (AvgIpc) is 2.27. The van der Waals surface area contributed by atoms with Crippen molar-refractivity contribution < 1.29 is 14.6 Å². The summed E-state index contributed by atoms with van der Waals surface area (Å²) in [5.74, 6) is -0.165. The van der Waals surface area contributed by atoms with E-state index in [0.717, 1.165) is 0 Å². The van der Waals surface area contributed by atoms with Crippen LogP contribution in [0.5, 0.6) is 0 Å². The van der Waals surface area contributed by atoms with Gasteiger partial charge in [0.15, 0.2) is 5.16 Å². The molecule has 2 N–H and O–H groups in total. The zero-order valence-corrected chi connectivity index (χ0v) is 10.2. The summed E-state index contributed by atoms with van der Waals surface area (Å²) < 4.78 is 4.70. The van der Waals surface area contributed by atoms with Crippen LogP contribution in [0.1, 0.15) is 13.3 Å². The van der Waals surface area contributed by atoms with E-state index in [-0.39, 0.29) is 17.7 Å². The van der Waals surface area contributed by atoms with Gasteiger partial charge in [0.1, 0.15) is 0 Å². The molecule has 0 radical (unpaired) electrons. The van der Waals surface area contributed by atoms with Crippen LogP contribution in [0.3, 0.4) is 0 Å². The van der Waals surface area contributed by atoms with Crippen LogP contribution in [0.25, 0.3) is 0 Å². The summed E-state index contributed by atoms with van der Waals surface area (Å²) in [4.78, 5) is 28.4. The number of carbonyl (C=O) groups excluding carboxylic acids is 1. The number of aromatic amines is 1. The lowest BCUT2D eigenvalue weighted by molar-refractivity contribution is -0.144. The van der Waals surface area contributed by atoms with E-state index in [1.54, 1.807) is 6.92 Å². The molecule has 0 aliphatic heterocycles. The molecule has 0 fully saturated rings. The van der Waals surface area contributed by atoms with E-state index >= 15 is 0 Å². The minimum Gasteiger partial charge on any atom is -0.466 e. The first-order valence-corrected chi connectivity index (χ1v) is 6.12. The topological polar surface area (TPSA) is 92.3 Å². The molecule has 7 heteroatoms. The minimum atomic E-state index is -0.815. The van der Waals surface area contributed by atoms with Gasteiger partial charge in [-0.1, -0.05) is 11.8 Å². The molecule has 0 saturated heterocycles. The fraction of sp³-hybridized carbons (Fsp3) is 0.500. The molecule has 0 bridgehead atoms. The van der Waals surface area contributed by atoms with Crippen LogP contribution < -0.4 is 5.56 Å². The molecule has 1 unspecified atom stereocenters. The molecule has 1 rings (SSSR count). The van der Waals surface area contributed by atoms with Gasteiger partial charge in [-0.3, -0.25) is 9.59 Å². The third kappa shape index (κ3) is 5.50. The van der Waals surface area contributed by atoms with E-state index in [9.17, 15) is 14.7 Å². The second-order valence-corrected chi connectivity index (χ2v) is 4.22. The number of aliphatic hydroxyl groups excluding tert-OH is 1. The van der Waals surface area contributed by atoms with Crippen molar-refractivity contribution in [2.75, 3.05) is 12.4 Å². The molecule has 17 heavy (non-hydrogen) atoms. The summed E-state index contributed by atoms with van der Waals surface area (Å²) in [7, 11) is 0. The second kappa shape index (κ2) is 7.08. The first kappa shape index (κ1) is 13.7. The maximum Gasteiger partial charge on any atom is 0.308 e. The number of H-pyrrole nitrogens is 1. The molecule has 0 aromatic carbocycles. The summed E-state index contributed by atoms with van der Waals surface area (Å²) in [5, 5.41) is 9.95. The standard InChI is InChI=1S/C10H14N2O4S/c1-2-16-9(15)5-7(13)6-17-10-11-4-3-8(14)12-10/h3-4,7,13H,2,5-6H2,1H3,(H,11,12,14). The zero-order chi connectivity index (χ0) is 12.7. The second-order valence-electron chi connectivity index (χ2n) is 3.21. The van der Waals surface area contributed by atoms with Crippen LogP contribution in [0.2, 0.25) is 0 Å². The highest BCUT2D eigenvalue weighted by Gasteiger charge is 2.12. The summed E-state index contributed by atoms with van der Waals surface area (Å²) in [6, 6.07) is 1.30. The number of thioether (sulfide) groups is 1. The normalized spacial score (nSPS) is 12.1. The number of nitrogens with zero attached hydrogens (tertiary/aromatic N) is 1. The molecule has 0 aliphatic carbocycles. The van der Waals surface area contributed by atoms with E-state index in [4.69, 9.17) is 4.74 Å². The quantitative estimate of drug-likeness (QED) is 0.429. The number of hydrogen-bond acceptors (Lipinski definition) is 6. The number of aromatic nitrogens is 2. The van der Waals surface area contributed by atoms with E-state index in [1.807, 2.05) is 0 Å². The van der Waals surface area contributed by atoms with Crippen LogP contribution in [-0.4, -0.2) is 39.5 Å². The molecule has 1 aromatic rings. The van der Waals surface area contributed by atoms with Gasteiger partial charge in [-0.25, -0.2) is 4.98 Å². The van der Waals surface area contributed by atoms with Crippen molar-refractivity contribution in [1.29, 1.82) is 0 Å². The van der Waals surface area contributed by atoms with Crippen LogP contribution in [0.15, 0.2) is 22.2 Å². The fourth-order valence-corrected chi connectivity index (χ4v) is 1.85. The number of aliphatic hydroxyl groups is 1. The van der Waals surface area contributed by atoms with Gasteiger partial charge in [0, 0.05) is 18.0 Å². The van der Waals surface area contributed by atoms with Gasteiger partial charge in [0.2, 0.25) is 0 Å². The van der Waals surface area contributed by atoms with E-state index in [1.165, 1.54) is 24.0 Å². The lowest BCUT2D eigenvalue weighted by Gasteiger charge is -2.08. The molecule has 6 nitrogen and oxygen atoms in total. The van der Waals surface area contributed by atoms with Gasteiger partial charge in [-0.15, -0.1) is 0 Å². The van der Waals surface area contributed by atoms with Crippen molar-refractivity contribution in [2.24, 2.45) is 0 Å². The SMILES string of the molecule is CCOC(=O)CC(O)CSc1nccc(=O)[nH]1. The molecular formula is C10H14N2O4S. The Balaban J connectivity index is 2.35. The third-order valence-electron chi connectivity index (χ3n) is 1.77. The molecule has 0 aliphatic rings. The predicted molar refractivity (Wildman–Crippen MR) is 62.8 cm³/mol. The van der Waals surface area contributed by atoms with Gasteiger partial charge < -0.3 is 14.8 Å². The number of rotatable bonds is 6. The average molecular weight is 258 g/mol. The first-order chi connectivity index (χ1) is 8.11. The molecule has 0 amide bonds. The van der Waals surface area contributed by atoms with Crippen molar-refractivity contribution in [2.45, 2.75) is 24.6 Å². The van der Waals surface area contributed by atoms with E-state index < -0.39 is 12.1 Å². The Bertz CT molecular complexity index is 421. The Morgan fingerprint density at radius 3 is 3.12 bits per heavy atom. The minimum absolute atomic E-state index is 0.0576. The largest absolute Gasteiger partial charge is 0.466 e. The number of hydrogen-bond donors (Lipinski definition) is 2. The lowest BCUT2D eigenvalue weighted by Crippen LogP contribution is -2.18. The van der Waals surface area contributed by atoms with Crippen molar-refractivity contribution >= 4 is 17.7 Å². The monoisotopic (exact) mass is 258 g/mol. The highest BCUT2D eigenvalue weighted by Crippen LogP contribution is 2.13. The molecule has 94 valence electrons. The van der Waals surface area contributed by atoms with E-state index in [2.05, 4.69) is 9.97 Å². The number of ether oxygens (including phenoxy) is 1. The van der Waals surface area contributed by atoms with E-state index in [0.29, 0.717) is 11.8 Å². The van der Waals surface area contributed by atoms with Crippen LogP contribution in [0.4, 0.5) is 0 Å². The highest BCUT2D eigenvalue weighted by molar-refractivity contribution is 7.99. The molecule has 1 aromatic heterocycles. The van der Waals surface area contributed by atoms with Gasteiger partial charge >= 0.3 is 5.97 Å². The summed E-state index contributed by atoms with van der Waals surface area (Å²) in [6.45, 7) is 2.00. The molecule has 0 saturated carbocycles.